The van der Waals surface area contributed by atoms with Crippen LogP contribution in [-0.4, -0.2) is 165 Å². The molecule has 4 fully saturated rings. The Kier molecular flexibility index (Phi) is 11.4. The third-order valence-electron chi connectivity index (χ3n) is 9.13. The van der Waals surface area contributed by atoms with Crippen molar-refractivity contribution in [2.75, 3.05) is 26.3 Å². The normalized spacial score (nSPS) is 49.3. The number of nitrogens with one attached hydrogen (secondary N) is 2. The summed E-state index contributed by atoms with van der Waals surface area (Å²) in [5.74, 6) is -1.69. The van der Waals surface area contributed by atoms with Gasteiger partial charge in [-0.1, -0.05) is 0 Å². The first-order valence-electron chi connectivity index (χ1n) is 14.7. The van der Waals surface area contributed by atoms with Crippen LogP contribution in [0.15, 0.2) is 0 Å². The van der Waals surface area contributed by atoms with Crippen molar-refractivity contribution in [2.24, 2.45) is 34.6 Å². The van der Waals surface area contributed by atoms with Crippen molar-refractivity contribution < 1.29 is 54.8 Å². The van der Waals surface area contributed by atoms with Gasteiger partial charge in [0.05, 0.1) is 49.7 Å². The van der Waals surface area contributed by atoms with E-state index in [9.17, 15) is 35.4 Å². The van der Waals surface area contributed by atoms with Crippen LogP contribution in [0.3, 0.4) is 0 Å². The van der Waals surface area contributed by atoms with E-state index in [1.165, 1.54) is 0 Å². The van der Waals surface area contributed by atoms with Crippen LogP contribution in [0.4, 0.5) is 0 Å². The first-order chi connectivity index (χ1) is 20.2. The molecule has 2 saturated carbocycles. The summed E-state index contributed by atoms with van der Waals surface area (Å²) in [6.07, 6.45) is -11.0. The molecule has 0 bridgehead atoms. The highest BCUT2D eigenvalue weighted by atomic mass is 16.7. The first kappa shape index (κ1) is 34.7. The number of hydrogen-bond donors (Lipinski definition) is 14. The molecular formula is C25H49N7O11. The van der Waals surface area contributed by atoms with E-state index < -0.39 is 115 Å². The Bertz CT molecular complexity index is 942. The van der Waals surface area contributed by atoms with Gasteiger partial charge in [0.1, 0.15) is 24.4 Å². The fourth-order valence-electron chi connectivity index (χ4n) is 6.26. The molecule has 2 aliphatic carbocycles. The molecule has 250 valence electrons. The Morgan fingerprint density at radius 3 is 2.26 bits per heavy atom. The quantitative estimate of drug-likeness (QED) is 0.101. The Hall–Kier alpha value is -1.17. The van der Waals surface area contributed by atoms with Gasteiger partial charge >= 0.3 is 0 Å². The lowest BCUT2D eigenvalue weighted by molar-refractivity contribution is -0.306. The molecule has 18 heteroatoms. The molecule has 1 amide bonds. The lowest BCUT2D eigenvalue weighted by Gasteiger charge is -2.51. The van der Waals surface area contributed by atoms with Crippen LogP contribution >= 0.6 is 0 Å². The third kappa shape index (κ3) is 7.30. The van der Waals surface area contributed by atoms with Gasteiger partial charge in [-0.3, -0.25) is 4.79 Å². The van der Waals surface area contributed by atoms with Crippen molar-refractivity contribution in [3.8, 4) is 0 Å². The highest BCUT2D eigenvalue weighted by molar-refractivity contribution is 5.89. The van der Waals surface area contributed by atoms with E-state index in [1.54, 1.807) is 0 Å². The van der Waals surface area contributed by atoms with Crippen LogP contribution in [-0.2, 0) is 19.0 Å². The molecule has 4 aliphatic rings. The van der Waals surface area contributed by atoms with Gasteiger partial charge in [-0.2, -0.15) is 0 Å². The van der Waals surface area contributed by atoms with Crippen LogP contribution in [0.5, 0.6) is 0 Å². The molecule has 17 unspecified atom stereocenters. The van der Waals surface area contributed by atoms with Gasteiger partial charge in [-0.15, -0.1) is 0 Å². The lowest BCUT2D eigenvalue weighted by atomic mass is 9.72. The number of ether oxygens (including phenoxy) is 3. The third-order valence-corrected chi connectivity index (χ3v) is 9.13. The molecule has 2 heterocycles. The zero-order valence-corrected chi connectivity index (χ0v) is 23.8. The fourth-order valence-corrected chi connectivity index (χ4v) is 6.26. The molecule has 18 nitrogen and oxygen atoms in total. The van der Waals surface area contributed by atoms with E-state index in [1.807, 2.05) is 0 Å². The number of carbonyl (C=O) groups is 1. The van der Waals surface area contributed by atoms with Gasteiger partial charge in [0.15, 0.2) is 11.9 Å². The second kappa shape index (κ2) is 14.1. The van der Waals surface area contributed by atoms with Crippen LogP contribution in [0.2, 0.25) is 0 Å². The number of rotatable bonds is 11. The maximum Gasteiger partial charge on any atom is 0.253 e. The summed E-state index contributed by atoms with van der Waals surface area (Å²) in [5.41, 5.74) is 28.5. The van der Waals surface area contributed by atoms with Gasteiger partial charge in [-0.05, 0) is 12.8 Å². The number of nitrogens with two attached hydrogens (primary N) is 5. The summed E-state index contributed by atoms with van der Waals surface area (Å²) in [7, 11) is 0. The predicted molar refractivity (Wildman–Crippen MR) is 147 cm³/mol. The molecule has 0 spiro atoms. The van der Waals surface area contributed by atoms with Crippen LogP contribution < -0.4 is 39.3 Å². The lowest BCUT2D eigenvalue weighted by Crippen LogP contribution is -2.70. The molecule has 0 radical (unpaired) electrons. The predicted octanol–water partition coefficient (Wildman–Crippen LogP) is -8.45. The van der Waals surface area contributed by atoms with Crippen molar-refractivity contribution in [1.29, 1.82) is 0 Å². The van der Waals surface area contributed by atoms with Crippen LogP contribution in [0.1, 0.15) is 19.3 Å². The number of amides is 1. The van der Waals surface area contributed by atoms with E-state index in [0.717, 1.165) is 0 Å². The zero-order valence-electron chi connectivity index (χ0n) is 23.8. The van der Waals surface area contributed by atoms with Crippen LogP contribution in [0.25, 0.3) is 0 Å². The average molecular weight is 624 g/mol. The monoisotopic (exact) mass is 623 g/mol. The molecule has 2 aliphatic heterocycles. The minimum absolute atomic E-state index is 0.00772. The number of carbonyl (C=O) groups excluding carboxylic acids is 1. The van der Waals surface area contributed by atoms with E-state index >= 15 is 0 Å². The second-order valence-corrected chi connectivity index (χ2v) is 12.4. The maximum absolute atomic E-state index is 12.9. The number of aliphatic hydroxyl groups excluding tert-OH is 6. The second-order valence-electron chi connectivity index (χ2n) is 12.4. The topological polar surface area (TPSA) is 341 Å². The molecule has 0 aromatic carbocycles. The Labute approximate surface area is 248 Å². The average Bonchev–Trinajstić information content (AvgIpc) is 3.59. The summed E-state index contributed by atoms with van der Waals surface area (Å²) in [6, 6.07) is -5.15. The van der Waals surface area contributed by atoms with Crippen molar-refractivity contribution >= 4 is 5.91 Å². The minimum atomic E-state index is -1.80. The maximum atomic E-state index is 12.9. The Balaban J connectivity index is 1.55. The molecule has 17 atom stereocenters. The van der Waals surface area contributed by atoms with Gasteiger partial charge in [0.2, 0.25) is 0 Å². The van der Waals surface area contributed by atoms with Gasteiger partial charge in [-0.25, -0.2) is 0 Å². The van der Waals surface area contributed by atoms with Crippen molar-refractivity contribution in [3.05, 3.63) is 0 Å². The van der Waals surface area contributed by atoms with Gasteiger partial charge < -0.3 is 89.3 Å². The van der Waals surface area contributed by atoms with E-state index in [0.29, 0.717) is 0 Å². The first-order valence-corrected chi connectivity index (χ1v) is 14.7. The van der Waals surface area contributed by atoms with E-state index in [2.05, 4.69) is 10.6 Å². The molecule has 4 rings (SSSR count). The number of hydrogen-bond acceptors (Lipinski definition) is 17. The molecule has 2 saturated heterocycles. The van der Waals surface area contributed by atoms with E-state index in [4.69, 9.17) is 48.0 Å². The molecular weight excluding hydrogens is 574 g/mol. The zero-order chi connectivity index (χ0) is 31.8. The van der Waals surface area contributed by atoms with E-state index in [-0.39, 0.29) is 39.0 Å². The van der Waals surface area contributed by atoms with Crippen molar-refractivity contribution in [3.63, 3.8) is 0 Å². The SMILES string of the molecule is NC(CO)CNCC1OC(C2C(N)CC(NC(=O)C3(O)CC3N)C(OC3OC(CO)C(O)C(N)C3O)C2O)C(N)CC1O. The minimum Gasteiger partial charge on any atom is -0.395 e. The summed E-state index contributed by atoms with van der Waals surface area (Å²) in [4.78, 5) is 12.9. The smallest absolute Gasteiger partial charge is 0.253 e. The summed E-state index contributed by atoms with van der Waals surface area (Å²) < 4.78 is 17.8. The highest BCUT2D eigenvalue weighted by Crippen LogP contribution is 2.38. The molecule has 19 N–H and O–H groups in total. The molecule has 0 aromatic heterocycles. The Morgan fingerprint density at radius 1 is 0.977 bits per heavy atom. The van der Waals surface area contributed by atoms with Crippen molar-refractivity contribution in [2.45, 2.75) is 116 Å². The molecule has 0 aromatic rings. The standard InChI is InChI=1S/C25H49N7O11/c26-8(6-33)4-31-5-13-12(35)2-10(28)21(41-13)16-9(27)1-11(32-24(39)25(40)3-15(25)29)22(19(16)37)43-23-20(38)17(30)18(36)14(7-34)42-23/h8-23,31,33-38,40H,1-7,26-30H2,(H,32,39). The Morgan fingerprint density at radius 2 is 1.65 bits per heavy atom. The summed E-state index contributed by atoms with van der Waals surface area (Å²) in [6.45, 7) is -0.450. The largest absolute Gasteiger partial charge is 0.395 e. The highest BCUT2D eigenvalue weighted by Gasteiger charge is 2.59. The number of aliphatic hydroxyl groups is 7. The van der Waals surface area contributed by atoms with Gasteiger partial charge in [0.25, 0.3) is 5.91 Å². The molecule has 43 heavy (non-hydrogen) atoms. The summed E-state index contributed by atoms with van der Waals surface area (Å²) in [5, 5.41) is 78.3. The summed E-state index contributed by atoms with van der Waals surface area (Å²) >= 11 is 0. The fraction of sp³-hybridized carbons (Fsp3) is 0.960. The van der Waals surface area contributed by atoms with Crippen molar-refractivity contribution in [1.82, 2.24) is 10.6 Å². The van der Waals surface area contributed by atoms with Crippen LogP contribution in [0, 0.1) is 5.92 Å². The van der Waals surface area contributed by atoms with Gasteiger partial charge in [0, 0.05) is 49.6 Å².